The number of amides is 1. The van der Waals surface area contributed by atoms with Crippen LogP contribution in [0.5, 0.6) is 0 Å². The molecule has 3 rings (SSSR count). The van der Waals surface area contributed by atoms with Crippen LogP contribution in [0.3, 0.4) is 0 Å². The Morgan fingerprint density at radius 3 is 2.86 bits per heavy atom. The fourth-order valence-corrected chi connectivity index (χ4v) is 3.38. The summed E-state index contributed by atoms with van der Waals surface area (Å²) in [5.74, 6) is 0.0614. The highest BCUT2D eigenvalue weighted by atomic mass is 32.2. The molecule has 1 atom stereocenters. The molecule has 0 aliphatic carbocycles. The third kappa shape index (κ3) is 3.00. The van der Waals surface area contributed by atoms with Crippen molar-refractivity contribution >= 4 is 28.5 Å². The number of hydrogen-bond acceptors (Lipinski definition) is 4. The zero-order valence-electron chi connectivity index (χ0n) is 11.6. The Morgan fingerprint density at radius 1 is 1.33 bits per heavy atom. The number of thioether (sulfide) groups is 1. The van der Waals surface area contributed by atoms with Gasteiger partial charge in [-0.2, -0.15) is 5.10 Å². The maximum Gasteiger partial charge on any atom is 0.228 e. The summed E-state index contributed by atoms with van der Waals surface area (Å²) in [7, 11) is 0. The van der Waals surface area contributed by atoms with Crippen LogP contribution >= 0.6 is 11.8 Å². The molecule has 1 aliphatic heterocycles. The second-order valence-corrected chi connectivity index (χ2v) is 6.39. The normalized spacial score (nSPS) is 18.2. The van der Waals surface area contributed by atoms with Gasteiger partial charge >= 0.3 is 0 Å². The van der Waals surface area contributed by atoms with Gasteiger partial charge in [0.25, 0.3) is 0 Å². The summed E-state index contributed by atoms with van der Waals surface area (Å²) < 4.78 is 1.76. The van der Waals surface area contributed by atoms with Gasteiger partial charge in [0.15, 0.2) is 5.12 Å². The summed E-state index contributed by atoms with van der Waals surface area (Å²) in [6, 6.07) is 9.55. The van der Waals surface area contributed by atoms with Crippen molar-refractivity contribution in [3.8, 4) is 5.69 Å². The zero-order chi connectivity index (χ0) is 14.8. The topological polar surface area (TPSA) is 55.2 Å². The van der Waals surface area contributed by atoms with Crippen molar-refractivity contribution in [2.45, 2.75) is 18.6 Å². The van der Waals surface area contributed by atoms with Crippen LogP contribution in [0.4, 0.5) is 5.69 Å². The molecule has 2 heterocycles. The fraction of sp³-hybridized carbons (Fsp3) is 0.267. The van der Waals surface area contributed by atoms with Crippen molar-refractivity contribution in [3.63, 3.8) is 0 Å². The van der Waals surface area contributed by atoms with E-state index < -0.39 is 0 Å². The van der Waals surface area contributed by atoms with Crippen molar-refractivity contribution in [2.75, 3.05) is 11.4 Å². The summed E-state index contributed by atoms with van der Waals surface area (Å²) in [6.07, 6.45) is 3.99. The van der Waals surface area contributed by atoms with E-state index in [4.69, 9.17) is 0 Å². The van der Waals surface area contributed by atoms with Gasteiger partial charge in [-0.05, 0) is 24.3 Å². The average molecular weight is 301 g/mol. The molecule has 108 valence electrons. The molecule has 6 heteroatoms. The fourth-order valence-electron chi connectivity index (χ4n) is 2.46. The zero-order valence-corrected chi connectivity index (χ0v) is 12.4. The van der Waals surface area contributed by atoms with Crippen molar-refractivity contribution in [2.24, 2.45) is 0 Å². The minimum atomic E-state index is 0.0448. The first-order valence-electron chi connectivity index (χ1n) is 6.71. The van der Waals surface area contributed by atoms with Gasteiger partial charge in [-0.15, -0.1) is 0 Å². The van der Waals surface area contributed by atoms with E-state index in [-0.39, 0.29) is 16.3 Å². The van der Waals surface area contributed by atoms with E-state index in [1.54, 1.807) is 15.8 Å². The van der Waals surface area contributed by atoms with Gasteiger partial charge in [-0.3, -0.25) is 9.59 Å². The number of benzene rings is 1. The third-order valence-electron chi connectivity index (χ3n) is 3.33. The maximum atomic E-state index is 12.1. The Labute approximate surface area is 126 Å². The summed E-state index contributed by atoms with van der Waals surface area (Å²) in [6.45, 7) is 2.11. The van der Waals surface area contributed by atoms with Crippen molar-refractivity contribution in [1.82, 2.24) is 9.78 Å². The Balaban J connectivity index is 1.82. The summed E-state index contributed by atoms with van der Waals surface area (Å²) in [5.41, 5.74) is 1.76. The molecular weight excluding hydrogens is 286 g/mol. The van der Waals surface area contributed by atoms with Gasteiger partial charge in [0.05, 0.1) is 5.69 Å². The van der Waals surface area contributed by atoms with Gasteiger partial charge in [0.1, 0.15) is 0 Å². The molecule has 1 aromatic heterocycles. The number of anilines is 1. The smallest absolute Gasteiger partial charge is 0.228 e. The molecule has 1 aliphatic rings. The molecule has 0 saturated carbocycles. The summed E-state index contributed by atoms with van der Waals surface area (Å²) in [4.78, 5) is 25.1. The molecule has 21 heavy (non-hydrogen) atoms. The number of nitrogens with zero attached hydrogens (tertiary/aromatic N) is 3. The largest absolute Gasteiger partial charge is 0.311 e. The molecule has 0 spiro atoms. The highest BCUT2D eigenvalue weighted by molar-refractivity contribution is 8.14. The number of hydrogen-bond donors (Lipinski definition) is 0. The Kier molecular flexibility index (Phi) is 3.79. The van der Waals surface area contributed by atoms with Crippen LogP contribution < -0.4 is 4.90 Å². The minimum Gasteiger partial charge on any atom is -0.311 e. The van der Waals surface area contributed by atoms with Crippen LogP contribution in [0.25, 0.3) is 5.69 Å². The van der Waals surface area contributed by atoms with Gasteiger partial charge in [0.2, 0.25) is 5.91 Å². The number of carbonyl (C=O) groups excluding carboxylic acids is 2. The lowest BCUT2D eigenvalue weighted by Gasteiger charge is -2.17. The molecule has 1 saturated heterocycles. The van der Waals surface area contributed by atoms with Crippen LogP contribution in [0.15, 0.2) is 42.7 Å². The van der Waals surface area contributed by atoms with E-state index in [0.717, 1.165) is 11.4 Å². The molecule has 0 N–H and O–H groups in total. The second-order valence-electron chi connectivity index (χ2n) is 4.91. The maximum absolute atomic E-state index is 12.1. The van der Waals surface area contributed by atoms with Crippen LogP contribution in [-0.2, 0) is 9.59 Å². The lowest BCUT2D eigenvalue weighted by Crippen LogP contribution is -2.25. The minimum absolute atomic E-state index is 0.0448. The Bertz CT molecular complexity index is 669. The predicted octanol–water partition coefficient (Wildman–Crippen LogP) is 2.26. The first-order chi connectivity index (χ1) is 10.1. The second kappa shape index (κ2) is 5.73. The third-order valence-corrected chi connectivity index (χ3v) is 4.31. The van der Waals surface area contributed by atoms with Gasteiger partial charge < -0.3 is 4.90 Å². The monoisotopic (exact) mass is 301 g/mol. The molecular formula is C15H15N3O2S. The van der Waals surface area contributed by atoms with E-state index >= 15 is 0 Å². The summed E-state index contributed by atoms with van der Waals surface area (Å²) in [5, 5.41) is 4.29. The van der Waals surface area contributed by atoms with Crippen LogP contribution in [0.1, 0.15) is 13.3 Å². The number of carbonyl (C=O) groups is 2. The molecule has 1 amide bonds. The van der Waals surface area contributed by atoms with Crippen LogP contribution in [0, 0.1) is 0 Å². The standard InChI is InChI=1S/C15H15N3O2S/c1-11(19)21-14-9-15(20)17(10-14)12-4-2-5-13(8-12)18-7-3-6-16-18/h2-8,14H,9-10H2,1H3. The number of rotatable bonds is 3. The summed E-state index contributed by atoms with van der Waals surface area (Å²) >= 11 is 1.25. The lowest BCUT2D eigenvalue weighted by molar-refractivity contribution is -0.117. The number of aromatic nitrogens is 2. The van der Waals surface area contributed by atoms with E-state index in [1.807, 2.05) is 36.5 Å². The SMILES string of the molecule is CC(=O)SC1CC(=O)N(c2cccc(-n3cccn3)c2)C1. The van der Waals surface area contributed by atoms with E-state index in [9.17, 15) is 9.59 Å². The Morgan fingerprint density at radius 2 is 2.14 bits per heavy atom. The van der Waals surface area contributed by atoms with E-state index in [0.29, 0.717) is 13.0 Å². The first-order valence-corrected chi connectivity index (χ1v) is 7.59. The lowest BCUT2D eigenvalue weighted by atomic mass is 10.2. The van der Waals surface area contributed by atoms with Gasteiger partial charge in [-0.1, -0.05) is 17.8 Å². The van der Waals surface area contributed by atoms with E-state index in [2.05, 4.69) is 5.10 Å². The highest BCUT2D eigenvalue weighted by Crippen LogP contribution is 2.29. The molecule has 1 aromatic carbocycles. The van der Waals surface area contributed by atoms with E-state index in [1.165, 1.54) is 18.7 Å². The molecule has 5 nitrogen and oxygen atoms in total. The van der Waals surface area contributed by atoms with Crippen molar-refractivity contribution < 1.29 is 9.59 Å². The quantitative estimate of drug-likeness (QED) is 0.872. The first kappa shape index (κ1) is 13.9. The van der Waals surface area contributed by atoms with Crippen molar-refractivity contribution in [3.05, 3.63) is 42.7 Å². The van der Waals surface area contributed by atoms with Crippen LogP contribution in [0.2, 0.25) is 0 Å². The molecule has 1 fully saturated rings. The average Bonchev–Trinajstić information content (AvgIpc) is 3.08. The molecule has 0 bridgehead atoms. The molecule has 2 aromatic rings. The molecule has 1 unspecified atom stereocenters. The van der Waals surface area contributed by atoms with Crippen molar-refractivity contribution in [1.29, 1.82) is 0 Å². The Hall–Kier alpha value is -2.08. The van der Waals surface area contributed by atoms with Gasteiger partial charge in [-0.25, -0.2) is 4.68 Å². The predicted molar refractivity (Wildman–Crippen MR) is 82.6 cm³/mol. The van der Waals surface area contributed by atoms with Gasteiger partial charge in [0, 0.05) is 43.2 Å². The molecule has 0 radical (unpaired) electrons. The highest BCUT2D eigenvalue weighted by Gasteiger charge is 2.31. The van der Waals surface area contributed by atoms with Crippen LogP contribution in [-0.4, -0.2) is 32.6 Å².